The summed E-state index contributed by atoms with van der Waals surface area (Å²) in [5.74, 6) is -2.09. The molecular weight excluding hydrogens is 254 g/mol. The van der Waals surface area contributed by atoms with Crippen LogP contribution in [0.15, 0.2) is 16.6 Å². The zero-order valence-corrected chi connectivity index (χ0v) is 9.48. The van der Waals surface area contributed by atoms with E-state index in [1.165, 1.54) is 12.1 Å². The summed E-state index contributed by atoms with van der Waals surface area (Å²) in [6.45, 7) is 3.48. The summed E-state index contributed by atoms with van der Waals surface area (Å²) < 4.78 is 26.5. The number of hydrogen-bond donors (Lipinski definition) is 1. The van der Waals surface area contributed by atoms with Gasteiger partial charge in [0.25, 0.3) is 0 Å². The number of hydrogen-bond acceptors (Lipinski definition) is 1. The Bertz CT molecular complexity index is 339. The van der Waals surface area contributed by atoms with Crippen LogP contribution in [0.1, 0.15) is 25.5 Å². The first-order chi connectivity index (χ1) is 6.45. The number of halogens is 3. The van der Waals surface area contributed by atoms with Crippen molar-refractivity contribution in [3.63, 3.8) is 0 Å². The van der Waals surface area contributed by atoms with Gasteiger partial charge < -0.3 is 5.11 Å². The third-order valence-electron chi connectivity index (χ3n) is 2.02. The van der Waals surface area contributed by atoms with Crippen LogP contribution in [0.4, 0.5) is 8.78 Å². The van der Waals surface area contributed by atoms with Crippen LogP contribution in [0.5, 0.6) is 0 Å². The SMILES string of the molecule is CC(C)C(O)c1ccc(Br)c(F)c1F. The Morgan fingerprint density at radius 3 is 2.29 bits per heavy atom. The van der Waals surface area contributed by atoms with Crippen LogP contribution < -0.4 is 0 Å². The molecule has 0 fully saturated rings. The molecule has 0 aliphatic carbocycles. The van der Waals surface area contributed by atoms with Crippen molar-refractivity contribution in [2.45, 2.75) is 20.0 Å². The van der Waals surface area contributed by atoms with Crippen molar-refractivity contribution in [2.75, 3.05) is 0 Å². The van der Waals surface area contributed by atoms with Gasteiger partial charge in [-0.25, -0.2) is 8.78 Å². The Labute approximate surface area is 89.9 Å². The molecule has 4 heteroatoms. The molecule has 0 heterocycles. The highest BCUT2D eigenvalue weighted by Gasteiger charge is 2.20. The van der Waals surface area contributed by atoms with Crippen molar-refractivity contribution in [3.05, 3.63) is 33.8 Å². The van der Waals surface area contributed by atoms with Crippen molar-refractivity contribution < 1.29 is 13.9 Å². The molecule has 0 spiro atoms. The minimum Gasteiger partial charge on any atom is -0.388 e. The van der Waals surface area contributed by atoms with Gasteiger partial charge >= 0.3 is 0 Å². The molecule has 1 rings (SSSR count). The van der Waals surface area contributed by atoms with E-state index in [0.717, 1.165) is 0 Å². The zero-order chi connectivity index (χ0) is 10.9. The van der Waals surface area contributed by atoms with Gasteiger partial charge in [0.05, 0.1) is 10.6 Å². The molecule has 1 aromatic rings. The lowest BCUT2D eigenvalue weighted by Gasteiger charge is -2.15. The van der Waals surface area contributed by atoms with Gasteiger partial charge in [-0.15, -0.1) is 0 Å². The second-order valence-electron chi connectivity index (χ2n) is 3.45. The molecule has 0 bridgehead atoms. The van der Waals surface area contributed by atoms with Gasteiger partial charge in [-0.05, 0) is 27.9 Å². The van der Waals surface area contributed by atoms with Crippen LogP contribution >= 0.6 is 15.9 Å². The predicted molar refractivity (Wildman–Crippen MR) is 53.9 cm³/mol. The molecule has 1 N–H and O–H groups in total. The fourth-order valence-corrected chi connectivity index (χ4v) is 1.43. The summed E-state index contributed by atoms with van der Waals surface area (Å²) in [5.41, 5.74) is 0.000648. The zero-order valence-electron chi connectivity index (χ0n) is 7.89. The minimum absolute atomic E-state index is 0.000648. The van der Waals surface area contributed by atoms with Gasteiger partial charge in [0.1, 0.15) is 0 Å². The van der Waals surface area contributed by atoms with E-state index in [1.807, 2.05) is 0 Å². The Morgan fingerprint density at radius 2 is 1.79 bits per heavy atom. The molecule has 0 aliphatic heterocycles. The molecule has 0 amide bonds. The van der Waals surface area contributed by atoms with Crippen LogP contribution in [0, 0.1) is 17.6 Å². The quantitative estimate of drug-likeness (QED) is 0.812. The molecule has 78 valence electrons. The Kier molecular flexibility index (Phi) is 3.61. The number of benzene rings is 1. The second-order valence-corrected chi connectivity index (χ2v) is 4.31. The van der Waals surface area contributed by atoms with Crippen LogP contribution in [0.25, 0.3) is 0 Å². The third-order valence-corrected chi connectivity index (χ3v) is 2.63. The smallest absolute Gasteiger partial charge is 0.173 e. The van der Waals surface area contributed by atoms with E-state index in [-0.39, 0.29) is 16.0 Å². The fraction of sp³-hybridized carbons (Fsp3) is 0.400. The summed E-state index contributed by atoms with van der Waals surface area (Å²) >= 11 is 2.87. The molecule has 0 aliphatic rings. The highest BCUT2D eigenvalue weighted by atomic mass is 79.9. The number of aliphatic hydroxyl groups is 1. The largest absolute Gasteiger partial charge is 0.388 e. The van der Waals surface area contributed by atoms with E-state index in [1.54, 1.807) is 13.8 Å². The molecule has 0 saturated carbocycles. The third kappa shape index (κ3) is 2.12. The van der Waals surface area contributed by atoms with E-state index in [2.05, 4.69) is 15.9 Å². The monoisotopic (exact) mass is 264 g/mol. The first kappa shape index (κ1) is 11.6. The van der Waals surface area contributed by atoms with Crippen molar-refractivity contribution >= 4 is 15.9 Å². The lowest BCUT2D eigenvalue weighted by atomic mass is 9.99. The Balaban J connectivity index is 3.17. The molecule has 1 unspecified atom stereocenters. The molecular formula is C10H11BrF2O. The van der Waals surface area contributed by atoms with E-state index < -0.39 is 17.7 Å². The normalized spacial score (nSPS) is 13.4. The Hall–Kier alpha value is -0.480. The van der Waals surface area contributed by atoms with Crippen molar-refractivity contribution in [2.24, 2.45) is 5.92 Å². The fourth-order valence-electron chi connectivity index (χ4n) is 1.13. The van der Waals surface area contributed by atoms with Gasteiger partial charge in [0, 0.05) is 5.56 Å². The predicted octanol–water partition coefficient (Wildman–Crippen LogP) is 3.42. The summed E-state index contributed by atoms with van der Waals surface area (Å²) in [6.07, 6.45) is -0.974. The summed E-state index contributed by atoms with van der Waals surface area (Å²) in [5, 5.41) is 9.57. The van der Waals surface area contributed by atoms with Crippen molar-refractivity contribution in [1.29, 1.82) is 0 Å². The molecule has 0 saturated heterocycles. The molecule has 0 aromatic heterocycles. The summed E-state index contributed by atoms with van der Waals surface area (Å²) in [4.78, 5) is 0. The van der Waals surface area contributed by atoms with Crippen molar-refractivity contribution in [3.8, 4) is 0 Å². The number of rotatable bonds is 2. The molecule has 14 heavy (non-hydrogen) atoms. The van der Waals surface area contributed by atoms with Crippen LogP contribution in [0.2, 0.25) is 0 Å². The first-order valence-corrected chi connectivity index (χ1v) is 5.06. The summed E-state index contributed by atoms with van der Waals surface area (Å²) in [7, 11) is 0. The Morgan fingerprint density at radius 1 is 1.21 bits per heavy atom. The lowest BCUT2D eigenvalue weighted by Crippen LogP contribution is -2.09. The minimum atomic E-state index is -0.986. The van der Waals surface area contributed by atoms with Crippen LogP contribution in [-0.4, -0.2) is 5.11 Å². The average molecular weight is 265 g/mol. The van der Waals surface area contributed by atoms with E-state index in [4.69, 9.17) is 0 Å². The lowest BCUT2D eigenvalue weighted by molar-refractivity contribution is 0.122. The molecule has 1 atom stereocenters. The maximum atomic E-state index is 13.3. The molecule has 0 radical (unpaired) electrons. The van der Waals surface area contributed by atoms with Gasteiger partial charge in [0.2, 0.25) is 0 Å². The highest BCUT2D eigenvalue weighted by Crippen LogP contribution is 2.28. The van der Waals surface area contributed by atoms with E-state index in [9.17, 15) is 13.9 Å². The van der Waals surface area contributed by atoms with Gasteiger partial charge in [-0.1, -0.05) is 19.9 Å². The maximum Gasteiger partial charge on any atom is 0.173 e. The van der Waals surface area contributed by atoms with Gasteiger partial charge in [0.15, 0.2) is 11.6 Å². The number of aliphatic hydroxyl groups excluding tert-OH is 1. The van der Waals surface area contributed by atoms with Gasteiger partial charge in [-0.2, -0.15) is 0 Å². The standard InChI is InChI=1S/C10H11BrF2O/c1-5(2)10(14)6-3-4-7(11)9(13)8(6)12/h3-5,10,14H,1-2H3. The summed E-state index contributed by atoms with van der Waals surface area (Å²) in [6, 6.07) is 2.77. The highest BCUT2D eigenvalue weighted by molar-refractivity contribution is 9.10. The maximum absolute atomic E-state index is 13.3. The average Bonchev–Trinajstić information content (AvgIpc) is 2.13. The molecule has 1 aromatic carbocycles. The first-order valence-electron chi connectivity index (χ1n) is 4.26. The topological polar surface area (TPSA) is 20.2 Å². The molecule has 1 nitrogen and oxygen atoms in total. The van der Waals surface area contributed by atoms with Crippen molar-refractivity contribution in [1.82, 2.24) is 0 Å². The van der Waals surface area contributed by atoms with Crippen LogP contribution in [0.3, 0.4) is 0 Å². The van der Waals surface area contributed by atoms with E-state index in [0.29, 0.717) is 0 Å². The van der Waals surface area contributed by atoms with Gasteiger partial charge in [-0.3, -0.25) is 0 Å². The van der Waals surface area contributed by atoms with Crippen LogP contribution in [-0.2, 0) is 0 Å². The second kappa shape index (κ2) is 4.36. The van der Waals surface area contributed by atoms with E-state index >= 15 is 0 Å².